The van der Waals surface area contributed by atoms with Gasteiger partial charge in [0.2, 0.25) is 0 Å². The number of fused-ring (bicyclic) bond motifs is 1. The zero-order valence-corrected chi connectivity index (χ0v) is 17.9. The maximum atomic E-state index is 4.92. The lowest BCUT2D eigenvalue weighted by molar-refractivity contribution is 0.405. The van der Waals surface area contributed by atoms with Crippen LogP contribution in [-0.2, 0) is 0 Å². The molecule has 4 nitrogen and oxygen atoms in total. The van der Waals surface area contributed by atoms with Crippen LogP contribution in [-0.4, -0.2) is 42.1 Å². The van der Waals surface area contributed by atoms with Gasteiger partial charge in [0, 0.05) is 17.5 Å². The highest BCUT2D eigenvalue weighted by Gasteiger charge is 2.11. The van der Waals surface area contributed by atoms with Gasteiger partial charge in [0.15, 0.2) is 5.82 Å². The van der Waals surface area contributed by atoms with Crippen molar-refractivity contribution in [3.8, 4) is 22.5 Å². The molecule has 30 heavy (non-hydrogen) atoms. The van der Waals surface area contributed by atoms with Crippen LogP contribution in [0.3, 0.4) is 0 Å². The van der Waals surface area contributed by atoms with E-state index in [0.717, 1.165) is 47.6 Å². The summed E-state index contributed by atoms with van der Waals surface area (Å²) < 4.78 is 0. The lowest BCUT2D eigenvalue weighted by Gasteiger charge is -2.13. The van der Waals surface area contributed by atoms with Crippen LogP contribution in [0.2, 0.25) is 0 Å². The second-order valence-electron chi connectivity index (χ2n) is 7.95. The molecule has 0 fully saturated rings. The van der Waals surface area contributed by atoms with E-state index >= 15 is 0 Å². The molecule has 4 heteroatoms. The van der Waals surface area contributed by atoms with E-state index in [1.807, 2.05) is 6.07 Å². The molecule has 1 aromatic heterocycles. The van der Waals surface area contributed by atoms with Crippen LogP contribution < -0.4 is 5.32 Å². The zero-order chi connectivity index (χ0) is 20.9. The molecule has 0 bridgehead atoms. The molecule has 0 aliphatic carbocycles. The number of rotatable bonds is 7. The smallest absolute Gasteiger partial charge is 0.162 e. The number of aromatic nitrogens is 2. The molecule has 0 aliphatic rings. The number of benzene rings is 3. The van der Waals surface area contributed by atoms with E-state index in [1.54, 1.807) is 0 Å². The monoisotopic (exact) mass is 396 g/mol. The van der Waals surface area contributed by atoms with Gasteiger partial charge in [-0.1, -0.05) is 54.6 Å². The molecule has 0 spiro atoms. The van der Waals surface area contributed by atoms with Gasteiger partial charge < -0.3 is 10.2 Å². The van der Waals surface area contributed by atoms with Gasteiger partial charge in [-0.3, -0.25) is 0 Å². The second-order valence-corrected chi connectivity index (χ2v) is 7.95. The van der Waals surface area contributed by atoms with Crippen molar-refractivity contribution in [2.75, 3.05) is 32.5 Å². The summed E-state index contributed by atoms with van der Waals surface area (Å²) in [4.78, 5) is 12.0. The van der Waals surface area contributed by atoms with Crippen molar-refractivity contribution in [2.24, 2.45) is 0 Å². The predicted octanol–water partition coefficient (Wildman–Crippen LogP) is 5.64. The molecule has 0 unspecified atom stereocenters. The first kappa shape index (κ1) is 20.0. The van der Waals surface area contributed by atoms with E-state index in [0.29, 0.717) is 0 Å². The summed E-state index contributed by atoms with van der Waals surface area (Å²) >= 11 is 0. The highest BCUT2D eigenvalue weighted by atomic mass is 15.1. The Morgan fingerprint density at radius 1 is 0.800 bits per heavy atom. The predicted molar refractivity (Wildman–Crippen MR) is 127 cm³/mol. The van der Waals surface area contributed by atoms with E-state index in [4.69, 9.17) is 9.97 Å². The topological polar surface area (TPSA) is 41.0 Å². The average molecular weight is 397 g/mol. The lowest BCUT2D eigenvalue weighted by atomic mass is 10.0. The quantitative estimate of drug-likeness (QED) is 0.411. The lowest BCUT2D eigenvalue weighted by Crippen LogP contribution is -2.16. The van der Waals surface area contributed by atoms with Gasteiger partial charge >= 0.3 is 0 Å². The van der Waals surface area contributed by atoms with E-state index in [9.17, 15) is 0 Å². The van der Waals surface area contributed by atoms with Crippen molar-refractivity contribution >= 4 is 16.7 Å². The van der Waals surface area contributed by atoms with E-state index in [1.165, 1.54) is 16.7 Å². The van der Waals surface area contributed by atoms with E-state index < -0.39 is 0 Å². The molecule has 1 N–H and O–H groups in total. The van der Waals surface area contributed by atoms with Crippen molar-refractivity contribution in [1.29, 1.82) is 0 Å². The highest BCUT2D eigenvalue weighted by molar-refractivity contribution is 5.91. The van der Waals surface area contributed by atoms with Crippen LogP contribution >= 0.6 is 0 Å². The fourth-order valence-corrected chi connectivity index (χ4v) is 3.57. The first-order chi connectivity index (χ1) is 14.6. The summed E-state index contributed by atoms with van der Waals surface area (Å²) in [7, 11) is 4.20. The molecular weight excluding hydrogens is 368 g/mol. The molecule has 4 aromatic rings. The first-order valence-corrected chi connectivity index (χ1v) is 10.4. The van der Waals surface area contributed by atoms with Gasteiger partial charge in [0.1, 0.15) is 5.82 Å². The summed E-state index contributed by atoms with van der Waals surface area (Å²) in [6, 6.07) is 25.2. The van der Waals surface area contributed by atoms with Crippen molar-refractivity contribution in [3.63, 3.8) is 0 Å². The van der Waals surface area contributed by atoms with Crippen LogP contribution in [0.5, 0.6) is 0 Å². The minimum Gasteiger partial charge on any atom is -0.369 e. The molecule has 0 amide bonds. The SMILES string of the molecule is Cc1ccc2c(NCCCN(C)C)nc(-c3cccc(-c4ccccc4)c3)nc2c1. The number of nitrogens with one attached hydrogen (secondary N) is 1. The molecule has 4 rings (SSSR count). The fourth-order valence-electron chi connectivity index (χ4n) is 3.57. The van der Waals surface area contributed by atoms with Gasteiger partial charge in [0.25, 0.3) is 0 Å². The maximum absolute atomic E-state index is 4.92. The summed E-state index contributed by atoms with van der Waals surface area (Å²) in [6.45, 7) is 4.02. The Bertz CT molecular complexity index is 1140. The van der Waals surface area contributed by atoms with Crippen LogP contribution in [0.15, 0.2) is 72.8 Å². The minimum absolute atomic E-state index is 0.751. The van der Waals surface area contributed by atoms with E-state index in [2.05, 4.69) is 98.0 Å². The van der Waals surface area contributed by atoms with Gasteiger partial charge in [-0.25, -0.2) is 9.97 Å². The third kappa shape index (κ3) is 4.66. The average Bonchev–Trinajstić information content (AvgIpc) is 2.76. The van der Waals surface area contributed by atoms with Crippen LogP contribution in [0, 0.1) is 6.92 Å². The van der Waals surface area contributed by atoms with Crippen LogP contribution in [0.4, 0.5) is 5.82 Å². The molecule has 0 radical (unpaired) electrons. The molecule has 0 saturated carbocycles. The van der Waals surface area contributed by atoms with Crippen molar-refractivity contribution < 1.29 is 0 Å². The number of hydrogen-bond acceptors (Lipinski definition) is 4. The Hall–Kier alpha value is -3.24. The summed E-state index contributed by atoms with van der Waals surface area (Å²) in [6.07, 6.45) is 1.06. The van der Waals surface area contributed by atoms with Gasteiger partial charge in [-0.05, 0) is 68.9 Å². The van der Waals surface area contributed by atoms with Gasteiger partial charge in [-0.15, -0.1) is 0 Å². The number of nitrogens with zero attached hydrogens (tertiary/aromatic N) is 3. The third-order valence-corrected chi connectivity index (χ3v) is 5.15. The van der Waals surface area contributed by atoms with Gasteiger partial charge in [-0.2, -0.15) is 0 Å². The standard InChI is InChI=1S/C26H28N4/c1-19-13-14-23-24(17-19)28-25(29-26(23)27-15-8-16-30(2)3)22-12-7-11-21(18-22)20-9-5-4-6-10-20/h4-7,9-14,17-18H,8,15-16H2,1-3H3,(H,27,28,29). The van der Waals surface area contributed by atoms with Crippen molar-refractivity contribution in [1.82, 2.24) is 14.9 Å². The fraction of sp³-hybridized carbons (Fsp3) is 0.231. The molecule has 0 atom stereocenters. The maximum Gasteiger partial charge on any atom is 0.162 e. The van der Waals surface area contributed by atoms with Crippen LogP contribution in [0.25, 0.3) is 33.4 Å². The Morgan fingerprint density at radius 2 is 1.57 bits per heavy atom. The molecule has 1 heterocycles. The van der Waals surface area contributed by atoms with Crippen LogP contribution in [0.1, 0.15) is 12.0 Å². The largest absolute Gasteiger partial charge is 0.369 e. The summed E-state index contributed by atoms with van der Waals surface area (Å²) in [5.74, 6) is 1.65. The zero-order valence-electron chi connectivity index (χ0n) is 17.9. The number of aryl methyl sites for hydroxylation is 1. The molecule has 152 valence electrons. The Balaban J connectivity index is 1.72. The van der Waals surface area contributed by atoms with Crippen molar-refractivity contribution in [3.05, 3.63) is 78.4 Å². The minimum atomic E-state index is 0.751. The van der Waals surface area contributed by atoms with E-state index in [-0.39, 0.29) is 0 Å². The van der Waals surface area contributed by atoms with Gasteiger partial charge in [0.05, 0.1) is 5.52 Å². The number of anilines is 1. The molecule has 0 saturated heterocycles. The highest BCUT2D eigenvalue weighted by Crippen LogP contribution is 2.28. The Morgan fingerprint density at radius 3 is 2.37 bits per heavy atom. The Kier molecular flexibility index (Phi) is 6.05. The molecule has 3 aromatic carbocycles. The summed E-state index contributed by atoms with van der Waals surface area (Å²) in [5.41, 5.74) is 5.56. The molecular formula is C26H28N4. The van der Waals surface area contributed by atoms with Crippen molar-refractivity contribution in [2.45, 2.75) is 13.3 Å². The summed E-state index contributed by atoms with van der Waals surface area (Å²) in [5, 5.41) is 4.60. The number of hydrogen-bond donors (Lipinski definition) is 1. The third-order valence-electron chi connectivity index (χ3n) is 5.15. The first-order valence-electron chi connectivity index (χ1n) is 10.4. The molecule has 0 aliphatic heterocycles. The Labute approximate surface area is 178 Å². The normalized spacial score (nSPS) is 11.2. The second kappa shape index (κ2) is 9.06.